The third kappa shape index (κ3) is 5.83. The highest BCUT2D eigenvalue weighted by atomic mass is 127. The van der Waals surface area contributed by atoms with Crippen molar-refractivity contribution in [2.24, 2.45) is 10.7 Å². The van der Waals surface area contributed by atoms with Gasteiger partial charge in [-0.25, -0.2) is 4.98 Å². The predicted octanol–water partition coefficient (Wildman–Crippen LogP) is 4.56. The van der Waals surface area contributed by atoms with E-state index in [1.165, 1.54) is 0 Å². The van der Waals surface area contributed by atoms with Crippen LogP contribution in [-0.2, 0) is 6.42 Å². The van der Waals surface area contributed by atoms with Crippen LogP contribution >= 0.6 is 35.3 Å². The molecule has 0 fully saturated rings. The lowest BCUT2D eigenvalue weighted by Crippen LogP contribution is -2.23. The van der Waals surface area contributed by atoms with E-state index in [1.807, 2.05) is 36.4 Å². The molecule has 0 unspecified atom stereocenters. The van der Waals surface area contributed by atoms with Crippen LogP contribution < -0.4 is 20.5 Å². The Morgan fingerprint density at radius 1 is 1.10 bits per heavy atom. The first-order valence-electron chi connectivity index (χ1n) is 9.24. The molecule has 0 saturated carbocycles. The molecule has 0 aliphatic carbocycles. The molecule has 2 heterocycles. The molecule has 3 N–H and O–H groups in total. The number of anilines is 1. The summed E-state index contributed by atoms with van der Waals surface area (Å²) in [6.07, 6.45) is 1.62. The number of ether oxygens (including phenoxy) is 2. The van der Waals surface area contributed by atoms with Crippen molar-refractivity contribution in [3.8, 4) is 22.1 Å². The van der Waals surface area contributed by atoms with Crippen molar-refractivity contribution in [1.82, 2.24) is 4.98 Å². The van der Waals surface area contributed by atoms with Crippen LogP contribution in [0.4, 0.5) is 5.69 Å². The number of nitrogens with zero attached hydrogens (tertiary/aromatic N) is 2. The number of aromatic nitrogens is 1. The molecule has 8 heteroatoms. The highest BCUT2D eigenvalue weighted by Gasteiger charge is 2.11. The third-order valence-electron chi connectivity index (χ3n) is 4.24. The topological polar surface area (TPSA) is 81.8 Å². The molecule has 3 aromatic rings. The van der Waals surface area contributed by atoms with E-state index in [0.717, 1.165) is 46.3 Å². The number of nitrogens with two attached hydrogens (primary N) is 1. The maximum Gasteiger partial charge on any atom is 0.193 e. The van der Waals surface area contributed by atoms with Crippen LogP contribution in [0.3, 0.4) is 0 Å². The van der Waals surface area contributed by atoms with Crippen molar-refractivity contribution in [1.29, 1.82) is 0 Å². The first kappa shape index (κ1) is 21.4. The molecular weight excluding hydrogens is 499 g/mol. The fourth-order valence-electron chi connectivity index (χ4n) is 2.85. The molecule has 0 bridgehead atoms. The summed E-state index contributed by atoms with van der Waals surface area (Å²) >= 11 is 1.65. The maximum absolute atomic E-state index is 6.02. The first-order chi connectivity index (χ1) is 13.8. The van der Waals surface area contributed by atoms with Gasteiger partial charge in [-0.3, -0.25) is 4.99 Å². The van der Waals surface area contributed by atoms with Crippen LogP contribution in [0, 0.1) is 0 Å². The number of rotatable bonds is 5. The average molecular weight is 522 g/mol. The minimum Gasteiger partial charge on any atom is -0.490 e. The fraction of sp³-hybridized carbons (Fsp3) is 0.238. The van der Waals surface area contributed by atoms with Gasteiger partial charge in [-0.15, -0.1) is 35.3 Å². The summed E-state index contributed by atoms with van der Waals surface area (Å²) in [6.45, 7) is 1.89. The predicted molar refractivity (Wildman–Crippen MR) is 129 cm³/mol. The van der Waals surface area contributed by atoms with E-state index in [9.17, 15) is 0 Å². The Labute approximate surface area is 191 Å². The number of guanidine groups is 1. The molecule has 0 amide bonds. The molecule has 0 radical (unpaired) electrons. The largest absolute Gasteiger partial charge is 0.490 e. The summed E-state index contributed by atoms with van der Waals surface area (Å²) in [6, 6.07) is 15.9. The van der Waals surface area contributed by atoms with Crippen LogP contribution in [0.15, 0.2) is 58.9 Å². The molecule has 152 valence electrons. The zero-order valence-electron chi connectivity index (χ0n) is 15.8. The molecule has 0 atom stereocenters. The SMILES string of the molecule is I.NC(=NCCc1csc(-c2ccccc2)n1)Nc1ccc2c(c1)OCCCO2. The van der Waals surface area contributed by atoms with Crippen molar-refractivity contribution >= 4 is 47.0 Å². The molecule has 2 aromatic carbocycles. The molecule has 0 saturated heterocycles. The van der Waals surface area contributed by atoms with Gasteiger partial charge in [0.25, 0.3) is 0 Å². The van der Waals surface area contributed by atoms with Crippen LogP contribution in [0.25, 0.3) is 10.6 Å². The van der Waals surface area contributed by atoms with Crippen molar-refractivity contribution in [3.05, 3.63) is 59.6 Å². The number of halogens is 1. The number of benzene rings is 2. The smallest absolute Gasteiger partial charge is 0.193 e. The van der Waals surface area contributed by atoms with Crippen molar-refractivity contribution in [2.75, 3.05) is 25.1 Å². The Morgan fingerprint density at radius 2 is 1.90 bits per heavy atom. The van der Waals surface area contributed by atoms with Gasteiger partial charge in [0.1, 0.15) is 5.01 Å². The number of fused-ring (bicyclic) bond motifs is 1. The summed E-state index contributed by atoms with van der Waals surface area (Å²) in [5.41, 5.74) is 9.01. The summed E-state index contributed by atoms with van der Waals surface area (Å²) < 4.78 is 11.3. The number of hydrogen-bond acceptors (Lipinski definition) is 5. The van der Waals surface area contributed by atoms with E-state index in [0.29, 0.717) is 25.7 Å². The van der Waals surface area contributed by atoms with Gasteiger partial charge in [0.05, 0.1) is 18.9 Å². The van der Waals surface area contributed by atoms with E-state index in [1.54, 1.807) is 11.3 Å². The number of aliphatic imine (C=N–C) groups is 1. The Kier molecular flexibility index (Phi) is 7.70. The summed E-state index contributed by atoms with van der Waals surface area (Å²) in [5.74, 6) is 1.86. The summed E-state index contributed by atoms with van der Waals surface area (Å²) in [5, 5.41) is 6.20. The van der Waals surface area contributed by atoms with Gasteiger partial charge in [0.2, 0.25) is 0 Å². The molecule has 1 aliphatic rings. The second-order valence-electron chi connectivity index (χ2n) is 6.36. The summed E-state index contributed by atoms with van der Waals surface area (Å²) in [7, 11) is 0. The van der Waals surface area contributed by atoms with Gasteiger partial charge in [0, 0.05) is 42.1 Å². The lowest BCUT2D eigenvalue weighted by molar-refractivity contribution is 0.297. The highest BCUT2D eigenvalue weighted by molar-refractivity contribution is 14.0. The zero-order valence-corrected chi connectivity index (χ0v) is 19.0. The Bertz CT molecular complexity index is 962. The fourth-order valence-corrected chi connectivity index (χ4v) is 3.71. The quantitative estimate of drug-likeness (QED) is 0.292. The third-order valence-corrected chi connectivity index (χ3v) is 5.18. The second-order valence-corrected chi connectivity index (χ2v) is 7.22. The van der Waals surface area contributed by atoms with Crippen molar-refractivity contribution in [2.45, 2.75) is 12.8 Å². The van der Waals surface area contributed by atoms with Gasteiger partial charge in [-0.2, -0.15) is 0 Å². The zero-order chi connectivity index (χ0) is 19.2. The van der Waals surface area contributed by atoms with Crippen molar-refractivity contribution in [3.63, 3.8) is 0 Å². The first-order valence-corrected chi connectivity index (χ1v) is 10.1. The minimum absolute atomic E-state index is 0. The molecule has 6 nitrogen and oxygen atoms in total. The normalized spacial score (nSPS) is 13.3. The minimum atomic E-state index is 0. The lowest BCUT2D eigenvalue weighted by Gasteiger charge is -2.10. The van der Waals surface area contributed by atoms with E-state index in [4.69, 9.17) is 15.2 Å². The van der Waals surface area contributed by atoms with E-state index in [-0.39, 0.29) is 24.0 Å². The van der Waals surface area contributed by atoms with Crippen LogP contribution in [0.5, 0.6) is 11.5 Å². The van der Waals surface area contributed by atoms with Gasteiger partial charge in [-0.1, -0.05) is 30.3 Å². The number of nitrogens with one attached hydrogen (secondary N) is 1. The van der Waals surface area contributed by atoms with Crippen LogP contribution in [0.1, 0.15) is 12.1 Å². The maximum atomic E-state index is 6.02. The van der Waals surface area contributed by atoms with Gasteiger partial charge in [-0.05, 0) is 12.1 Å². The molecule has 0 spiro atoms. The Hall–Kier alpha value is -2.33. The molecule has 1 aliphatic heterocycles. The second kappa shape index (κ2) is 10.4. The van der Waals surface area contributed by atoms with Gasteiger partial charge >= 0.3 is 0 Å². The Balaban J connectivity index is 0.00000240. The van der Waals surface area contributed by atoms with Gasteiger partial charge < -0.3 is 20.5 Å². The van der Waals surface area contributed by atoms with E-state index >= 15 is 0 Å². The van der Waals surface area contributed by atoms with Crippen LogP contribution in [-0.4, -0.2) is 30.7 Å². The van der Waals surface area contributed by atoms with Crippen LogP contribution in [0.2, 0.25) is 0 Å². The number of hydrogen-bond donors (Lipinski definition) is 2. The van der Waals surface area contributed by atoms with Gasteiger partial charge in [0.15, 0.2) is 17.5 Å². The van der Waals surface area contributed by atoms with Crippen molar-refractivity contribution < 1.29 is 9.47 Å². The molecule has 29 heavy (non-hydrogen) atoms. The lowest BCUT2D eigenvalue weighted by atomic mass is 10.2. The standard InChI is InChI=1S/C21H22N4O2S.HI/c22-21(25-16-7-8-18-19(13-16)27-12-4-11-26-18)23-10-9-17-14-28-20(24-17)15-5-2-1-3-6-15;/h1-3,5-8,13-14H,4,9-12H2,(H3,22,23,25);1H. The molecular formula is C21H23IN4O2S. The van der Waals surface area contributed by atoms with E-state index < -0.39 is 0 Å². The molecule has 1 aromatic heterocycles. The van der Waals surface area contributed by atoms with E-state index in [2.05, 4.69) is 32.8 Å². The Morgan fingerprint density at radius 3 is 2.72 bits per heavy atom. The number of thiazole rings is 1. The molecule has 4 rings (SSSR count). The highest BCUT2D eigenvalue weighted by Crippen LogP contribution is 2.32. The monoisotopic (exact) mass is 522 g/mol. The summed E-state index contributed by atoms with van der Waals surface area (Å²) in [4.78, 5) is 9.08. The average Bonchev–Trinajstić information content (AvgIpc) is 3.06.